The number of nitrogens with one attached hydrogen (secondary N) is 2. The third-order valence-electron chi connectivity index (χ3n) is 3.66. The average molecular weight is 263 g/mol. The summed E-state index contributed by atoms with van der Waals surface area (Å²) < 4.78 is 5.44. The largest absolute Gasteiger partial charge is 0.366 e. The summed E-state index contributed by atoms with van der Waals surface area (Å²) in [6, 6.07) is 0.353. The molecule has 100 valence electrons. The van der Waals surface area contributed by atoms with Crippen LogP contribution in [0.3, 0.4) is 0 Å². The number of halogens is 1. The topological polar surface area (TPSA) is 50.4 Å². The second-order valence-corrected chi connectivity index (χ2v) is 4.94. The number of hydrogen-bond donors (Lipinski definition) is 2. The van der Waals surface area contributed by atoms with Gasteiger partial charge in [-0.15, -0.1) is 12.4 Å². The molecule has 1 aliphatic heterocycles. The number of carbonyl (C=O) groups excluding carboxylic acids is 1. The van der Waals surface area contributed by atoms with E-state index in [1.807, 2.05) is 0 Å². The van der Waals surface area contributed by atoms with Crippen molar-refractivity contribution in [1.29, 1.82) is 0 Å². The predicted octanol–water partition coefficient (Wildman–Crippen LogP) is 1.09. The highest BCUT2D eigenvalue weighted by molar-refractivity contribution is 5.85. The van der Waals surface area contributed by atoms with Crippen LogP contribution in [0.5, 0.6) is 0 Å². The number of ether oxygens (including phenoxy) is 1. The summed E-state index contributed by atoms with van der Waals surface area (Å²) in [5.74, 6) is 0.667. The molecule has 1 amide bonds. The van der Waals surface area contributed by atoms with Gasteiger partial charge in [-0.1, -0.05) is 19.8 Å². The molecule has 2 rings (SSSR count). The SMILES string of the molecule is CC1CCCCC1NC(=O)C1CNCCO1.Cl. The van der Waals surface area contributed by atoms with Crippen LogP contribution >= 0.6 is 12.4 Å². The van der Waals surface area contributed by atoms with E-state index >= 15 is 0 Å². The van der Waals surface area contributed by atoms with Crippen LogP contribution in [0.1, 0.15) is 32.6 Å². The average Bonchev–Trinajstić information content (AvgIpc) is 2.33. The number of amides is 1. The van der Waals surface area contributed by atoms with Crippen LogP contribution in [-0.2, 0) is 9.53 Å². The molecular weight excluding hydrogens is 240 g/mol. The van der Waals surface area contributed by atoms with Crippen molar-refractivity contribution in [2.24, 2.45) is 5.92 Å². The van der Waals surface area contributed by atoms with E-state index in [1.54, 1.807) is 0 Å². The van der Waals surface area contributed by atoms with E-state index in [0.717, 1.165) is 13.0 Å². The van der Waals surface area contributed by atoms with E-state index < -0.39 is 0 Å². The number of rotatable bonds is 2. The zero-order valence-corrected chi connectivity index (χ0v) is 11.2. The van der Waals surface area contributed by atoms with Crippen molar-refractivity contribution in [3.05, 3.63) is 0 Å². The van der Waals surface area contributed by atoms with E-state index in [0.29, 0.717) is 25.1 Å². The van der Waals surface area contributed by atoms with Gasteiger partial charge in [0.25, 0.3) is 5.91 Å². The smallest absolute Gasteiger partial charge is 0.250 e. The van der Waals surface area contributed by atoms with Crippen molar-refractivity contribution >= 4 is 18.3 Å². The van der Waals surface area contributed by atoms with Crippen LogP contribution in [0.2, 0.25) is 0 Å². The summed E-state index contributed by atoms with van der Waals surface area (Å²) in [4.78, 5) is 11.9. The van der Waals surface area contributed by atoms with Crippen molar-refractivity contribution in [1.82, 2.24) is 10.6 Å². The predicted molar refractivity (Wildman–Crippen MR) is 69.4 cm³/mol. The molecule has 17 heavy (non-hydrogen) atoms. The Labute approximate surface area is 109 Å². The number of morpholine rings is 1. The Morgan fingerprint density at radius 2 is 2.12 bits per heavy atom. The first-order valence-electron chi connectivity index (χ1n) is 6.40. The maximum atomic E-state index is 11.9. The van der Waals surface area contributed by atoms with Gasteiger partial charge in [-0.2, -0.15) is 0 Å². The standard InChI is InChI=1S/C12H22N2O2.ClH/c1-9-4-2-3-5-10(9)14-12(15)11-8-13-6-7-16-11;/h9-11,13H,2-8H2,1H3,(H,14,15);1H. The van der Waals surface area contributed by atoms with Gasteiger partial charge in [-0.05, 0) is 18.8 Å². The van der Waals surface area contributed by atoms with Crippen molar-refractivity contribution in [2.75, 3.05) is 19.7 Å². The fraction of sp³-hybridized carbons (Fsp3) is 0.917. The van der Waals surface area contributed by atoms with Crippen LogP contribution < -0.4 is 10.6 Å². The summed E-state index contributed by atoms with van der Waals surface area (Å²) in [6.45, 7) is 4.36. The molecule has 2 N–H and O–H groups in total. The monoisotopic (exact) mass is 262 g/mol. The lowest BCUT2D eigenvalue weighted by Gasteiger charge is -2.31. The Morgan fingerprint density at radius 3 is 2.76 bits per heavy atom. The Bertz CT molecular complexity index is 245. The van der Waals surface area contributed by atoms with Crippen molar-refractivity contribution in [3.8, 4) is 0 Å². The molecular formula is C12H23ClN2O2. The molecule has 0 aromatic rings. The zero-order valence-electron chi connectivity index (χ0n) is 10.4. The first kappa shape index (κ1) is 14.7. The molecule has 0 spiro atoms. The molecule has 3 unspecified atom stereocenters. The molecule has 1 heterocycles. The van der Waals surface area contributed by atoms with Gasteiger partial charge in [0.1, 0.15) is 6.10 Å². The van der Waals surface area contributed by atoms with Crippen LogP contribution in [0.25, 0.3) is 0 Å². The molecule has 0 bridgehead atoms. The van der Waals surface area contributed by atoms with Gasteiger partial charge in [0.05, 0.1) is 6.61 Å². The second-order valence-electron chi connectivity index (χ2n) is 4.94. The molecule has 3 atom stereocenters. The van der Waals surface area contributed by atoms with Gasteiger partial charge in [0.15, 0.2) is 0 Å². The Morgan fingerprint density at radius 1 is 1.35 bits per heavy atom. The van der Waals surface area contributed by atoms with E-state index in [4.69, 9.17) is 4.74 Å². The zero-order chi connectivity index (χ0) is 11.4. The molecule has 2 aliphatic rings. The second kappa shape index (κ2) is 7.19. The summed E-state index contributed by atoms with van der Waals surface area (Å²) in [6.07, 6.45) is 4.60. The lowest BCUT2D eigenvalue weighted by atomic mass is 9.86. The maximum Gasteiger partial charge on any atom is 0.250 e. The van der Waals surface area contributed by atoms with Crippen LogP contribution in [-0.4, -0.2) is 37.7 Å². The minimum atomic E-state index is -0.289. The fourth-order valence-corrected chi connectivity index (χ4v) is 2.54. The third-order valence-corrected chi connectivity index (χ3v) is 3.66. The molecule has 1 aliphatic carbocycles. The molecule has 2 fully saturated rings. The number of hydrogen-bond acceptors (Lipinski definition) is 3. The normalized spacial score (nSPS) is 33.6. The third kappa shape index (κ3) is 4.12. The highest BCUT2D eigenvalue weighted by Gasteiger charge is 2.27. The fourth-order valence-electron chi connectivity index (χ4n) is 2.54. The van der Waals surface area contributed by atoms with Gasteiger partial charge in [0, 0.05) is 19.1 Å². The molecule has 0 aromatic carbocycles. The van der Waals surface area contributed by atoms with E-state index in [1.165, 1.54) is 19.3 Å². The maximum absolute atomic E-state index is 11.9. The Balaban J connectivity index is 0.00000144. The quantitative estimate of drug-likeness (QED) is 0.783. The van der Waals surface area contributed by atoms with Crippen LogP contribution in [0.15, 0.2) is 0 Å². The van der Waals surface area contributed by atoms with Crippen molar-refractivity contribution in [2.45, 2.75) is 44.8 Å². The van der Waals surface area contributed by atoms with Gasteiger partial charge in [0.2, 0.25) is 0 Å². The minimum absolute atomic E-state index is 0. The first-order chi connectivity index (χ1) is 7.77. The summed E-state index contributed by atoms with van der Waals surface area (Å²) in [7, 11) is 0. The Kier molecular flexibility index (Phi) is 6.23. The van der Waals surface area contributed by atoms with Gasteiger partial charge < -0.3 is 15.4 Å². The highest BCUT2D eigenvalue weighted by Crippen LogP contribution is 2.23. The van der Waals surface area contributed by atoms with Crippen molar-refractivity contribution < 1.29 is 9.53 Å². The molecule has 0 aromatic heterocycles. The van der Waals surface area contributed by atoms with Crippen molar-refractivity contribution in [3.63, 3.8) is 0 Å². The van der Waals surface area contributed by atoms with E-state index in [9.17, 15) is 4.79 Å². The van der Waals surface area contributed by atoms with E-state index in [2.05, 4.69) is 17.6 Å². The molecule has 5 heteroatoms. The minimum Gasteiger partial charge on any atom is -0.366 e. The molecule has 1 saturated carbocycles. The lowest BCUT2D eigenvalue weighted by Crippen LogP contribution is -2.52. The number of carbonyl (C=O) groups is 1. The molecule has 4 nitrogen and oxygen atoms in total. The van der Waals surface area contributed by atoms with Crippen LogP contribution in [0.4, 0.5) is 0 Å². The van der Waals surface area contributed by atoms with Gasteiger partial charge >= 0.3 is 0 Å². The summed E-state index contributed by atoms with van der Waals surface area (Å²) in [5.41, 5.74) is 0. The lowest BCUT2D eigenvalue weighted by molar-refractivity contribution is -0.135. The Hall–Kier alpha value is -0.320. The summed E-state index contributed by atoms with van der Waals surface area (Å²) >= 11 is 0. The van der Waals surface area contributed by atoms with Gasteiger partial charge in [-0.25, -0.2) is 0 Å². The summed E-state index contributed by atoms with van der Waals surface area (Å²) in [5, 5.41) is 6.31. The van der Waals surface area contributed by atoms with Gasteiger partial charge in [-0.3, -0.25) is 4.79 Å². The molecule has 0 radical (unpaired) electrons. The first-order valence-corrected chi connectivity index (χ1v) is 6.40. The van der Waals surface area contributed by atoms with E-state index in [-0.39, 0.29) is 24.4 Å². The van der Waals surface area contributed by atoms with Crippen LogP contribution in [0, 0.1) is 5.92 Å². The highest BCUT2D eigenvalue weighted by atomic mass is 35.5. The molecule has 1 saturated heterocycles.